The highest BCUT2D eigenvalue weighted by Gasteiger charge is 2.22. The minimum atomic E-state index is -0.848. The van der Waals surface area contributed by atoms with Crippen molar-refractivity contribution in [3.8, 4) is 0 Å². The fourth-order valence-electron chi connectivity index (χ4n) is 1.87. The van der Waals surface area contributed by atoms with Crippen LogP contribution in [0.25, 0.3) is 0 Å². The van der Waals surface area contributed by atoms with Crippen molar-refractivity contribution >= 4 is 22.4 Å². The first-order chi connectivity index (χ1) is 8.15. The van der Waals surface area contributed by atoms with Gasteiger partial charge in [-0.05, 0) is 13.3 Å². The highest BCUT2D eigenvalue weighted by atomic mass is 32.1. The Kier molecular flexibility index (Phi) is 3.96. The molecule has 2 heterocycles. The van der Waals surface area contributed by atoms with Crippen LogP contribution < -0.4 is 5.32 Å². The number of thiazole rings is 1. The van der Waals surface area contributed by atoms with Gasteiger partial charge >= 0.3 is 5.97 Å². The Morgan fingerprint density at radius 1 is 1.82 bits per heavy atom. The van der Waals surface area contributed by atoms with Crippen LogP contribution in [0.4, 0.5) is 5.13 Å². The Bertz CT molecular complexity index is 388. The molecule has 1 aliphatic heterocycles. The number of aromatic nitrogens is 1. The number of rotatable bonds is 5. The van der Waals surface area contributed by atoms with Crippen molar-refractivity contribution in [1.29, 1.82) is 0 Å². The van der Waals surface area contributed by atoms with Crippen molar-refractivity contribution < 1.29 is 14.6 Å². The first-order valence-corrected chi connectivity index (χ1v) is 6.53. The van der Waals surface area contributed by atoms with Gasteiger partial charge in [0, 0.05) is 23.9 Å². The van der Waals surface area contributed by atoms with Crippen LogP contribution in [0, 0.1) is 5.92 Å². The van der Waals surface area contributed by atoms with Crippen LogP contribution in [0.3, 0.4) is 0 Å². The number of nitrogens with one attached hydrogen (secondary N) is 1. The Balaban J connectivity index is 1.89. The van der Waals surface area contributed by atoms with Gasteiger partial charge in [0.25, 0.3) is 0 Å². The first-order valence-electron chi connectivity index (χ1n) is 5.65. The molecule has 1 aliphatic rings. The molecule has 0 spiro atoms. The van der Waals surface area contributed by atoms with Crippen LogP contribution >= 0.6 is 11.3 Å². The number of hydrogen-bond acceptors (Lipinski definition) is 5. The van der Waals surface area contributed by atoms with Gasteiger partial charge in [-0.15, -0.1) is 11.3 Å². The molecule has 5 nitrogen and oxygen atoms in total. The number of carboxylic acid groups (broad SMARTS) is 1. The number of anilines is 1. The molecule has 6 heteroatoms. The summed E-state index contributed by atoms with van der Waals surface area (Å²) >= 11 is 1.45. The lowest BCUT2D eigenvalue weighted by Crippen LogP contribution is -2.26. The Morgan fingerprint density at radius 2 is 2.65 bits per heavy atom. The van der Waals surface area contributed by atoms with Crippen LogP contribution in [0.15, 0.2) is 5.38 Å². The summed E-state index contributed by atoms with van der Waals surface area (Å²) in [6.07, 6.45) is 1.06. The summed E-state index contributed by atoms with van der Waals surface area (Å²) in [6, 6.07) is 0.307. The quantitative estimate of drug-likeness (QED) is 0.837. The molecule has 2 rings (SSSR count). The summed E-state index contributed by atoms with van der Waals surface area (Å²) in [5.41, 5.74) is 0.611. The maximum Gasteiger partial charge on any atom is 0.309 e. The van der Waals surface area contributed by atoms with E-state index < -0.39 is 5.97 Å². The molecule has 2 unspecified atom stereocenters. The fourth-order valence-corrected chi connectivity index (χ4v) is 2.68. The summed E-state index contributed by atoms with van der Waals surface area (Å²) in [7, 11) is 0. The van der Waals surface area contributed by atoms with Crippen LogP contribution in [-0.4, -0.2) is 35.3 Å². The second kappa shape index (κ2) is 5.46. The van der Waals surface area contributed by atoms with Gasteiger partial charge in [-0.1, -0.05) is 0 Å². The Labute approximate surface area is 104 Å². The molecule has 0 amide bonds. The van der Waals surface area contributed by atoms with Gasteiger partial charge in [0.15, 0.2) is 5.13 Å². The van der Waals surface area contributed by atoms with Gasteiger partial charge in [0.1, 0.15) is 0 Å². The maximum absolute atomic E-state index is 10.5. The fraction of sp³-hybridized carbons (Fsp3) is 0.636. The molecule has 1 saturated heterocycles. The van der Waals surface area contributed by atoms with E-state index in [0.29, 0.717) is 17.7 Å². The Morgan fingerprint density at radius 3 is 3.29 bits per heavy atom. The van der Waals surface area contributed by atoms with Crippen molar-refractivity contribution in [2.75, 3.05) is 18.5 Å². The van der Waals surface area contributed by atoms with Gasteiger partial charge in [0.2, 0.25) is 0 Å². The van der Waals surface area contributed by atoms with E-state index in [0.717, 1.165) is 24.8 Å². The topological polar surface area (TPSA) is 71.5 Å². The first kappa shape index (κ1) is 12.3. The van der Waals surface area contributed by atoms with Gasteiger partial charge in [0.05, 0.1) is 18.7 Å². The second-order valence-corrected chi connectivity index (χ2v) is 5.13. The van der Waals surface area contributed by atoms with Crippen LogP contribution in [-0.2, 0) is 16.0 Å². The molecular formula is C11H16N2O3S. The summed E-state index contributed by atoms with van der Waals surface area (Å²) in [6.45, 7) is 3.73. The number of carbonyl (C=O) groups is 1. The highest BCUT2D eigenvalue weighted by molar-refractivity contribution is 7.13. The van der Waals surface area contributed by atoms with Crippen molar-refractivity contribution in [1.82, 2.24) is 4.98 Å². The van der Waals surface area contributed by atoms with Crippen molar-refractivity contribution in [3.05, 3.63) is 11.1 Å². The SMILES string of the molecule is CC(Nc1nc(CC(=O)O)cs1)C1CCOC1. The predicted octanol–water partition coefficient (Wildman–Crippen LogP) is 1.61. The third-order valence-corrected chi connectivity index (χ3v) is 3.73. The number of carboxylic acids is 1. The average Bonchev–Trinajstić information content (AvgIpc) is 2.87. The molecule has 2 N–H and O–H groups in total. The molecule has 0 aromatic carbocycles. The zero-order valence-electron chi connectivity index (χ0n) is 9.68. The van der Waals surface area contributed by atoms with E-state index in [2.05, 4.69) is 17.2 Å². The summed E-state index contributed by atoms with van der Waals surface area (Å²) in [4.78, 5) is 14.8. The summed E-state index contributed by atoms with van der Waals surface area (Å²) in [5, 5.41) is 14.5. The second-order valence-electron chi connectivity index (χ2n) is 4.27. The van der Waals surface area contributed by atoms with E-state index in [4.69, 9.17) is 9.84 Å². The van der Waals surface area contributed by atoms with E-state index in [-0.39, 0.29) is 6.42 Å². The monoisotopic (exact) mass is 256 g/mol. The largest absolute Gasteiger partial charge is 0.481 e. The molecule has 1 aromatic rings. The number of hydrogen-bond donors (Lipinski definition) is 2. The lowest BCUT2D eigenvalue weighted by molar-refractivity contribution is -0.136. The number of ether oxygens (including phenoxy) is 1. The molecule has 0 aliphatic carbocycles. The average molecular weight is 256 g/mol. The minimum Gasteiger partial charge on any atom is -0.481 e. The molecule has 17 heavy (non-hydrogen) atoms. The molecule has 2 atom stereocenters. The summed E-state index contributed by atoms with van der Waals surface area (Å²) in [5.74, 6) is -0.332. The lowest BCUT2D eigenvalue weighted by Gasteiger charge is -2.18. The third kappa shape index (κ3) is 3.41. The molecule has 0 bridgehead atoms. The van der Waals surface area contributed by atoms with E-state index in [1.54, 1.807) is 5.38 Å². The van der Waals surface area contributed by atoms with E-state index in [1.807, 2.05) is 0 Å². The van der Waals surface area contributed by atoms with Crippen molar-refractivity contribution in [3.63, 3.8) is 0 Å². The molecule has 1 aromatic heterocycles. The van der Waals surface area contributed by atoms with Gasteiger partial charge in [-0.25, -0.2) is 4.98 Å². The van der Waals surface area contributed by atoms with Crippen molar-refractivity contribution in [2.24, 2.45) is 5.92 Å². The normalized spacial score (nSPS) is 21.4. The standard InChI is InChI=1S/C11H16N2O3S/c1-7(8-2-3-16-5-8)12-11-13-9(6-17-11)4-10(14)15/h6-8H,2-5H2,1H3,(H,12,13)(H,14,15). The molecule has 94 valence electrons. The maximum atomic E-state index is 10.5. The van der Waals surface area contributed by atoms with Gasteiger partial charge in [-0.2, -0.15) is 0 Å². The smallest absolute Gasteiger partial charge is 0.309 e. The minimum absolute atomic E-state index is 0.0148. The summed E-state index contributed by atoms with van der Waals surface area (Å²) < 4.78 is 5.34. The van der Waals surface area contributed by atoms with Crippen LogP contribution in [0.5, 0.6) is 0 Å². The highest BCUT2D eigenvalue weighted by Crippen LogP contribution is 2.22. The van der Waals surface area contributed by atoms with Crippen molar-refractivity contribution in [2.45, 2.75) is 25.8 Å². The predicted molar refractivity (Wildman–Crippen MR) is 65.5 cm³/mol. The number of nitrogens with zero attached hydrogens (tertiary/aromatic N) is 1. The van der Waals surface area contributed by atoms with Crippen LogP contribution in [0.1, 0.15) is 19.0 Å². The van der Waals surface area contributed by atoms with E-state index in [1.165, 1.54) is 11.3 Å². The molecule has 1 fully saturated rings. The van der Waals surface area contributed by atoms with Gasteiger partial charge in [-0.3, -0.25) is 4.79 Å². The van der Waals surface area contributed by atoms with E-state index >= 15 is 0 Å². The van der Waals surface area contributed by atoms with Crippen LogP contribution in [0.2, 0.25) is 0 Å². The van der Waals surface area contributed by atoms with E-state index in [9.17, 15) is 4.79 Å². The Hall–Kier alpha value is -1.14. The lowest BCUT2D eigenvalue weighted by atomic mass is 10.0. The molecule has 0 radical (unpaired) electrons. The molecule has 0 saturated carbocycles. The zero-order chi connectivity index (χ0) is 12.3. The zero-order valence-corrected chi connectivity index (χ0v) is 10.5. The van der Waals surface area contributed by atoms with Gasteiger partial charge < -0.3 is 15.2 Å². The third-order valence-electron chi connectivity index (χ3n) is 2.91. The molecular weight excluding hydrogens is 240 g/mol. The number of aliphatic carboxylic acids is 1.